The van der Waals surface area contributed by atoms with Gasteiger partial charge in [0.05, 0.1) is 21.3 Å². The van der Waals surface area contributed by atoms with Crippen molar-refractivity contribution in [2.24, 2.45) is 5.18 Å². The molecule has 0 bridgehead atoms. The number of rotatable bonds is 5. The van der Waals surface area contributed by atoms with Crippen molar-refractivity contribution in [1.82, 2.24) is 4.90 Å². The lowest BCUT2D eigenvalue weighted by atomic mass is 9.83. The van der Waals surface area contributed by atoms with E-state index < -0.39 is 0 Å². The second-order valence-electron chi connectivity index (χ2n) is 7.03. The Kier molecular flexibility index (Phi) is 4.74. The Morgan fingerprint density at radius 3 is 2.59 bits per heavy atom. The molecule has 142 valence electrons. The minimum atomic E-state index is 0.130. The Morgan fingerprint density at radius 2 is 1.89 bits per heavy atom. The third-order valence-electron chi connectivity index (χ3n) is 5.77. The lowest BCUT2D eigenvalue weighted by molar-refractivity contribution is 0.157. The average Bonchev–Trinajstić information content (AvgIpc) is 2.71. The van der Waals surface area contributed by atoms with Gasteiger partial charge < -0.3 is 14.2 Å². The van der Waals surface area contributed by atoms with Crippen LogP contribution in [0, 0.1) is 4.91 Å². The minimum absolute atomic E-state index is 0.130. The molecule has 0 saturated heterocycles. The van der Waals surface area contributed by atoms with Crippen molar-refractivity contribution in [2.45, 2.75) is 32.0 Å². The highest BCUT2D eigenvalue weighted by molar-refractivity contribution is 5.53. The van der Waals surface area contributed by atoms with E-state index in [1.807, 2.05) is 6.07 Å². The van der Waals surface area contributed by atoms with Crippen LogP contribution in [0.5, 0.6) is 17.2 Å². The first-order valence-electron chi connectivity index (χ1n) is 9.15. The predicted molar refractivity (Wildman–Crippen MR) is 103 cm³/mol. The van der Waals surface area contributed by atoms with E-state index in [4.69, 9.17) is 14.2 Å². The van der Waals surface area contributed by atoms with Gasteiger partial charge in [0, 0.05) is 30.3 Å². The monoisotopic (exact) mass is 368 g/mol. The van der Waals surface area contributed by atoms with Crippen molar-refractivity contribution >= 4 is 0 Å². The number of nitroso groups, excluding NO2 is 1. The van der Waals surface area contributed by atoms with Crippen molar-refractivity contribution in [3.05, 3.63) is 57.0 Å². The van der Waals surface area contributed by atoms with Gasteiger partial charge in [-0.3, -0.25) is 4.90 Å². The van der Waals surface area contributed by atoms with Crippen LogP contribution in [0.4, 0.5) is 0 Å². The lowest BCUT2D eigenvalue weighted by Crippen LogP contribution is -2.39. The third-order valence-corrected chi connectivity index (χ3v) is 5.77. The molecule has 0 fully saturated rings. The van der Waals surface area contributed by atoms with Gasteiger partial charge in [-0.05, 0) is 47.7 Å². The van der Waals surface area contributed by atoms with Gasteiger partial charge in [0.25, 0.3) is 0 Å². The van der Waals surface area contributed by atoms with Crippen LogP contribution in [-0.4, -0.2) is 32.8 Å². The van der Waals surface area contributed by atoms with Crippen LogP contribution in [0.25, 0.3) is 0 Å². The maximum absolute atomic E-state index is 10.8. The molecule has 4 rings (SSSR count). The van der Waals surface area contributed by atoms with Crippen molar-refractivity contribution in [1.29, 1.82) is 0 Å². The fraction of sp³-hybridized carbons (Fsp3) is 0.429. The molecule has 1 atom stereocenters. The van der Waals surface area contributed by atoms with Gasteiger partial charge in [-0.15, -0.1) is 0 Å². The van der Waals surface area contributed by atoms with E-state index in [0.29, 0.717) is 0 Å². The van der Waals surface area contributed by atoms with E-state index in [1.165, 1.54) is 22.3 Å². The number of nitrogens with zero attached hydrogens (tertiary/aromatic N) is 2. The van der Waals surface area contributed by atoms with Crippen LogP contribution in [0.15, 0.2) is 29.4 Å². The number of hydrogen-bond donors (Lipinski definition) is 0. The zero-order valence-electron chi connectivity index (χ0n) is 15.9. The number of benzene rings is 2. The predicted octanol–water partition coefficient (Wildman–Crippen LogP) is 3.63. The molecule has 0 saturated carbocycles. The molecule has 2 aliphatic rings. The first-order valence-corrected chi connectivity index (χ1v) is 9.15. The minimum Gasteiger partial charge on any atom is -0.496 e. The fourth-order valence-corrected chi connectivity index (χ4v) is 4.45. The zero-order chi connectivity index (χ0) is 19.0. The normalized spacial score (nSPS) is 18.1. The number of hydrogen-bond acceptors (Lipinski definition) is 6. The van der Waals surface area contributed by atoms with E-state index in [1.54, 1.807) is 21.3 Å². The Hall–Kier alpha value is -2.60. The fourth-order valence-electron chi connectivity index (χ4n) is 4.45. The smallest absolute Gasteiger partial charge is 0.165 e. The Balaban J connectivity index is 1.76. The Bertz CT molecular complexity index is 881. The number of ether oxygens (including phenoxy) is 3. The molecule has 0 N–H and O–H groups in total. The van der Waals surface area contributed by atoms with Crippen molar-refractivity contribution in [2.75, 3.05) is 27.9 Å². The molecular formula is C21H24N2O4. The van der Waals surface area contributed by atoms with Crippen molar-refractivity contribution in [3.8, 4) is 17.2 Å². The quantitative estimate of drug-likeness (QED) is 0.754. The van der Waals surface area contributed by atoms with Gasteiger partial charge in [0.1, 0.15) is 12.3 Å². The summed E-state index contributed by atoms with van der Waals surface area (Å²) in [6.45, 7) is 1.93. The summed E-state index contributed by atoms with van der Waals surface area (Å²) in [5.41, 5.74) is 5.92. The molecule has 2 aliphatic heterocycles. The second-order valence-corrected chi connectivity index (χ2v) is 7.03. The molecule has 0 spiro atoms. The summed E-state index contributed by atoms with van der Waals surface area (Å²) in [6, 6.07) is 8.60. The van der Waals surface area contributed by atoms with E-state index in [0.717, 1.165) is 48.7 Å². The highest BCUT2D eigenvalue weighted by Crippen LogP contribution is 2.44. The number of fused-ring (bicyclic) bond motifs is 4. The highest BCUT2D eigenvalue weighted by Gasteiger charge is 2.34. The summed E-state index contributed by atoms with van der Waals surface area (Å²) in [5, 5.41) is 3.07. The first kappa shape index (κ1) is 17.8. The highest BCUT2D eigenvalue weighted by atomic mass is 16.5. The van der Waals surface area contributed by atoms with E-state index in [9.17, 15) is 4.91 Å². The Labute approximate surface area is 159 Å². The topological polar surface area (TPSA) is 60.4 Å². The summed E-state index contributed by atoms with van der Waals surface area (Å²) in [5.74, 6) is 2.36. The van der Waals surface area contributed by atoms with Crippen LogP contribution in [0.2, 0.25) is 0 Å². The molecule has 27 heavy (non-hydrogen) atoms. The average molecular weight is 368 g/mol. The van der Waals surface area contributed by atoms with Crippen molar-refractivity contribution < 1.29 is 14.2 Å². The van der Waals surface area contributed by atoms with Gasteiger partial charge in [-0.2, -0.15) is 4.91 Å². The molecule has 0 aromatic heterocycles. The molecule has 0 aliphatic carbocycles. The zero-order valence-corrected chi connectivity index (χ0v) is 15.9. The van der Waals surface area contributed by atoms with Crippen LogP contribution in [0.3, 0.4) is 0 Å². The van der Waals surface area contributed by atoms with Gasteiger partial charge in [-0.1, -0.05) is 11.2 Å². The molecule has 2 aromatic rings. The summed E-state index contributed by atoms with van der Waals surface area (Å²) in [4.78, 5) is 13.3. The summed E-state index contributed by atoms with van der Waals surface area (Å²) < 4.78 is 16.6. The first-order chi connectivity index (χ1) is 13.2. The maximum Gasteiger partial charge on any atom is 0.165 e. The molecule has 0 amide bonds. The van der Waals surface area contributed by atoms with Gasteiger partial charge in [0.15, 0.2) is 11.5 Å². The summed E-state index contributed by atoms with van der Waals surface area (Å²) in [7, 11) is 5.01. The maximum atomic E-state index is 10.8. The molecule has 0 radical (unpaired) electrons. The largest absolute Gasteiger partial charge is 0.496 e. The van der Waals surface area contributed by atoms with E-state index >= 15 is 0 Å². The standard InChI is InChI=1S/C21H24N2O4/c1-25-19-5-4-13-9-18-16-8-15(11-22-24)20(26-2)10-14(16)6-7-23(18)12-17(13)21(19)27-3/h4-5,8,10,18H,6-7,9,11-12H2,1-3H3. The van der Waals surface area contributed by atoms with Gasteiger partial charge in [-0.25, -0.2) is 0 Å². The van der Waals surface area contributed by atoms with E-state index in [-0.39, 0.29) is 12.6 Å². The summed E-state index contributed by atoms with van der Waals surface area (Å²) in [6.07, 6.45) is 1.86. The molecule has 2 aromatic carbocycles. The SMILES string of the molecule is COc1cc2c(cc1CN=O)C1Cc3ccc(OC)c(OC)c3CN1CC2. The van der Waals surface area contributed by atoms with Gasteiger partial charge in [0.2, 0.25) is 0 Å². The molecular weight excluding hydrogens is 344 g/mol. The second kappa shape index (κ2) is 7.19. The summed E-state index contributed by atoms with van der Waals surface area (Å²) >= 11 is 0. The lowest BCUT2D eigenvalue weighted by Gasteiger charge is -2.42. The van der Waals surface area contributed by atoms with Crippen LogP contribution < -0.4 is 14.2 Å². The van der Waals surface area contributed by atoms with Crippen LogP contribution >= 0.6 is 0 Å². The van der Waals surface area contributed by atoms with Crippen LogP contribution in [0.1, 0.15) is 33.9 Å². The van der Waals surface area contributed by atoms with Crippen LogP contribution in [-0.2, 0) is 25.9 Å². The van der Waals surface area contributed by atoms with Crippen molar-refractivity contribution in [3.63, 3.8) is 0 Å². The molecule has 1 unspecified atom stereocenters. The molecule has 6 nitrogen and oxygen atoms in total. The van der Waals surface area contributed by atoms with E-state index in [2.05, 4.69) is 28.3 Å². The Morgan fingerprint density at radius 1 is 1.07 bits per heavy atom. The molecule has 2 heterocycles. The third kappa shape index (κ3) is 2.94. The molecule has 6 heteroatoms. The number of methoxy groups -OCH3 is 3. The van der Waals surface area contributed by atoms with Gasteiger partial charge >= 0.3 is 0 Å².